The van der Waals surface area contributed by atoms with Gasteiger partial charge >= 0.3 is 0 Å². The van der Waals surface area contributed by atoms with Crippen molar-refractivity contribution < 1.29 is 14.3 Å². The van der Waals surface area contributed by atoms with E-state index in [1.807, 2.05) is 30.3 Å². The van der Waals surface area contributed by atoms with E-state index < -0.39 is 5.91 Å². The van der Waals surface area contributed by atoms with E-state index in [1.54, 1.807) is 0 Å². The van der Waals surface area contributed by atoms with Crippen LogP contribution in [0.5, 0.6) is 0 Å². The van der Waals surface area contributed by atoms with Crippen molar-refractivity contribution in [3.05, 3.63) is 59.4 Å². The van der Waals surface area contributed by atoms with Crippen molar-refractivity contribution in [3.63, 3.8) is 0 Å². The number of hydrogen-bond donors (Lipinski definition) is 3. The van der Waals surface area contributed by atoms with Gasteiger partial charge in [-0.25, -0.2) is 0 Å². The van der Waals surface area contributed by atoms with E-state index in [-0.39, 0.29) is 23.5 Å². The number of amides is 2. The highest BCUT2D eigenvalue weighted by Gasteiger charge is 2.49. The van der Waals surface area contributed by atoms with Crippen LogP contribution in [0, 0.1) is 5.41 Å². The fourth-order valence-corrected chi connectivity index (χ4v) is 3.09. The Kier molecular flexibility index (Phi) is 4.63. The number of H-pyrrole nitrogens is 1. The van der Waals surface area contributed by atoms with Gasteiger partial charge in [0.2, 0.25) is 5.91 Å². The Labute approximate surface area is 146 Å². The van der Waals surface area contributed by atoms with Gasteiger partial charge < -0.3 is 20.8 Å². The highest BCUT2D eigenvalue weighted by molar-refractivity contribution is 5.98. The fraction of sp³-hybridized carbons (Fsp3) is 0.368. The van der Waals surface area contributed by atoms with Crippen LogP contribution in [0.1, 0.15) is 46.7 Å². The third kappa shape index (κ3) is 3.58. The van der Waals surface area contributed by atoms with Crippen LogP contribution in [0.15, 0.2) is 42.6 Å². The van der Waals surface area contributed by atoms with Crippen LogP contribution in [0.25, 0.3) is 0 Å². The van der Waals surface area contributed by atoms with Crippen molar-refractivity contribution in [1.29, 1.82) is 0 Å². The zero-order chi connectivity index (χ0) is 18.0. The lowest BCUT2D eigenvalue weighted by molar-refractivity contribution is -0.122. The predicted octanol–water partition coefficient (Wildman–Crippen LogP) is 2.23. The van der Waals surface area contributed by atoms with Gasteiger partial charge in [0.15, 0.2) is 0 Å². The minimum atomic E-state index is -0.561. The fourth-order valence-electron chi connectivity index (χ4n) is 3.09. The summed E-state index contributed by atoms with van der Waals surface area (Å²) in [6.07, 6.45) is 2.28. The summed E-state index contributed by atoms with van der Waals surface area (Å²) < 4.78 is 6.01. The lowest BCUT2D eigenvalue weighted by atomic mass is 9.64. The summed E-state index contributed by atoms with van der Waals surface area (Å²) >= 11 is 0. The highest BCUT2D eigenvalue weighted by Crippen LogP contribution is 2.43. The molecule has 0 aliphatic heterocycles. The molecule has 1 aromatic heterocycles. The van der Waals surface area contributed by atoms with Gasteiger partial charge in [-0.2, -0.15) is 0 Å². The van der Waals surface area contributed by atoms with Gasteiger partial charge in [0.25, 0.3) is 5.91 Å². The number of ether oxygens (including phenoxy) is 1. The number of rotatable bonds is 6. The van der Waals surface area contributed by atoms with Crippen LogP contribution in [-0.2, 0) is 11.3 Å². The van der Waals surface area contributed by atoms with Gasteiger partial charge in [0.05, 0.1) is 18.3 Å². The summed E-state index contributed by atoms with van der Waals surface area (Å²) in [5.41, 5.74) is 6.80. The van der Waals surface area contributed by atoms with E-state index >= 15 is 0 Å². The third-order valence-electron chi connectivity index (χ3n) is 4.99. The number of aromatic nitrogens is 1. The number of hydrogen-bond acceptors (Lipinski definition) is 3. The molecule has 2 amide bonds. The molecular formula is C19H23N3O3. The van der Waals surface area contributed by atoms with E-state index in [9.17, 15) is 9.59 Å². The number of carbonyl (C=O) groups excluding carboxylic acids is 2. The molecule has 1 aromatic carbocycles. The summed E-state index contributed by atoms with van der Waals surface area (Å²) in [6.45, 7) is 4.73. The first-order valence-corrected chi connectivity index (χ1v) is 8.32. The summed E-state index contributed by atoms with van der Waals surface area (Å²) in [6, 6.07) is 11.5. The number of benzene rings is 1. The standard InChI is InChI=1S/C19H23N3O3/c1-19(2)15(9-16(19)25-11-12-6-4-3-5-7-12)22-18(24)14-8-13(10-21-14)17(20)23/h3-8,10,15-16,21H,9,11H2,1-2H3,(H2,20,23)(H,22,24)/t15-,16+/m0/s1. The minimum absolute atomic E-state index is 0.0149. The van der Waals surface area contributed by atoms with E-state index in [4.69, 9.17) is 10.5 Å². The number of nitrogens with two attached hydrogens (primary N) is 1. The molecular weight excluding hydrogens is 318 g/mol. The maximum Gasteiger partial charge on any atom is 0.267 e. The molecule has 1 aliphatic rings. The monoisotopic (exact) mass is 341 g/mol. The molecule has 132 valence electrons. The Hall–Kier alpha value is -2.60. The van der Waals surface area contributed by atoms with Crippen LogP contribution in [0.2, 0.25) is 0 Å². The van der Waals surface area contributed by atoms with E-state index in [1.165, 1.54) is 12.3 Å². The maximum absolute atomic E-state index is 12.3. The molecule has 6 heteroatoms. The van der Waals surface area contributed by atoms with Gasteiger partial charge in [-0.1, -0.05) is 44.2 Å². The topological polar surface area (TPSA) is 97.2 Å². The molecule has 1 saturated carbocycles. The Morgan fingerprint density at radius 3 is 2.64 bits per heavy atom. The summed E-state index contributed by atoms with van der Waals surface area (Å²) in [7, 11) is 0. The zero-order valence-electron chi connectivity index (χ0n) is 14.4. The molecule has 2 atom stereocenters. The molecule has 2 aromatic rings. The van der Waals surface area contributed by atoms with Crippen molar-refractivity contribution in [2.45, 2.75) is 39.0 Å². The molecule has 0 radical (unpaired) electrons. The summed E-state index contributed by atoms with van der Waals surface area (Å²) in [5.74, 6) is -0.805. The van der Waals surface area contributed by atoms with Crippen molar-refractivity contribution >= 4 is 11.8 Å². The van der Waals surface area contributed by atoms with Crippen molar-refractivity contribution in [2.75, 3.05) is 0 Å². The second-order valence-electron chi connectivity index (χ2n) is 7.03. The molecule has 25 heavy (non-hydrogen) atoms. The average Bonchev–Trinajstić information content (AvgIpc) is 3.08. The first-order valence-electron chi connectivity index (χ1n) is 8.32. The Balaban J connectivity index is 1.54. The third-order valence-corrected chi connectivity index (χ3v) is 4.99. The lowest BCUT2D eigenvalue weighted by Crippen LogP contribution is -2.62. The van der Waals surface area contributed by atoms with Gasteiger partial charge in [0.1, 0.15) is 5.69 Å². The quantitative estimate of drug-likeness (QED) is 0.751. The molecule has 1 aliphatic carbocycles. The summed E-state index contributed by atoms with van der Waals surface area (Å²) in [5, 5.41) is 3.00. The van der Waals surface area contributed by atoms with Gasteiger partial charge in [-0.15, -0.1) is 0 Å². The van der Waals surface area contributed by atoms with Crippen molar-refractivity contribution in [3.8, 4) is 0 Å². The van der Waals surface area contributed by atoms with E-state index in [2.05, 4.69) is 24.1 Å². The Morgan fingerprint density at radius 1 is 1.32 bits per heavy atom. The van der Waals surface area contributed by atoms with Gasteiger partial charge in [-0.05, 0) is 18.1 Å². The second kappa shape index (κ2) is 6.72. The Bertz CT molecular complexity index is 767. The molecule has 1 fully saturated rings. The molecule has 6 nitrogen and oxygen atoms in total. The smallest absolute Gasteiger partial charge is 0.267 e. The normalized spacial score (nSPS) is 21.4. The zero-order valence-corrected chi connectivity index (χ0v) is 14.4. The molecule has 4 N–H and O–H groups in total. The maximum atomic E-state index is 12.3. The number of nitrogens with one attached hydrogen (secondary N) is 2. The SMILES string of the molecule is CC1(C)[C@@H](NC(=O)c2cc(C(N)=O)c[nH]2)C[C@H]1OCc1ccccc1. The predicted molar refractivity (Wildman–Crippen MR) is 94.0 cm³/mol. The lowest BCUT2D eigenvalue weighted by Gasteiger charge is -2.51. The van der Waals surface area contributed by atoms with Crippen LogP contribution in [0.3, 0.4) is 0 Å². The van der Waals surface area contributed by atoms with Gasteiger partial charge in [-0.3, -0.25) is 9.59 Å². The van der Waals surface area contributed by atoms with Gasteiger partial charge in [0, 0.05) is 17.7 Å². The first kappa shape index (κ1) is 17.2. The summed E-state index contributed by atoms with van der Waals surface area (Å²) in [4.78, 5) is 26.2. The van der Waals surface area contributed by atoms with Crippen LogP contribution >= 0.6 is 0 Å². The molecule has 1 heterocycles. The number of aromatic amines is 1. The van der Waals surface area contributed by atoms with Crippen LogP contribution < -0.4 is 11.1 Å². The van der Waals surface area contributed by atoms with Crippen LogP contribution in [0.4, 0.5) is 0 Å². The molecule has 0 bridgehead atoms. The number of carbonyl (C=O) groups is 2. The van der Waals surface area contributed by atoms with Crippen molar-refractivity contribution in [1.82, 2.24) is 10.3 Å². The van der Waals surface area contributed by atoms with E-state index in [0.29, 0.717) is 17.9 Å². The molecule has 0 saturated heterocycles. The largest absolute Gasteiger partial charge is 0.373 e. The highest BCUT2D eigenvalue weighted by atomic mass is 16.5. The van der Waals surface area contributed by atoms with E-state index in [0.717, 1.165) is 12.0 Å². The number of primary amides is 1. The molecule has 0 spiro atoms. The average molecular weight is 341 g/mol. The minimum Gasteiger partial charge on any atom is -0.373 e. The molecule has 3 rings (SSSR count). The first-order chi connectivity index (χ1) is 11.9. The second-order valence-corrected chi connectivity index (χ2v) is 7.03. The Morgan fingerprint density at radius 2 is 2.04 bits per heavy atom. The molecule has 0 unspecified atom stereocenters. The van der Waals surface area contributed by atoms with Crippen LogP contribution in [-0.4, -0.2) is 28.9 Å². The van der Waals surface area contributed by atoms with Crippen molar-refractivity contribution in [2.24, 2.45) is 11.1 Å².